The van der Waals surface area contributed by atoms with Gasteiger partial charge in [-0.15, -0.1) is 0 Å². The molecule has 0 saturated heterocycles. The first kappa shape index (κ1) is 34.0. The standard InChI is InChI=1S/C34H34Cl2FN3O4S/c1-2-3-20-38-34(42)32(21-25-10-5-4-6-11-25)39(23-26-12-7-8-15-31(26)37)33(41)24-40(29-14-9-13-28(36)22-29)45(43,44)30-18-16-27(35)17-19-30/h4-19,22,32H,2-3,20-21,23-24H2,1H3,(H,38,42)/t32-/m0/s1. The summed E-state index contributed by atoms with van der Waals surface area (Å²) in [5.74, 6) is -1.69. The van der Waals surface area contributed by atoms with Crippen molar-refractivity contribution in [3.05, 3.63) is 130 Å². The van der Waals surface area contributed by atoms with Crippen molar-refractivity contribution in [2.24, 2.45) is 0 Å². The van der Waals surface area contributed by atoms with Gasteiger partial charge in [-0.05, 0) is 60.5 Å². The second kappa shape index (κ2) is 15.9. The molecule has 0 unspecified atom stereocenters. The predicted octanol–water partition coefficient (Wildman–Crippen LogP) is 6.88. The molecule has 45 heavy (non-hydrogen) atoms. The van der Waals surface area contributed by atoms with Crippen LogP contribution in [0.5, 0.6) is 0 Å². The monoisotopic (exact) mass is 669 g/mol. The molecule has 236 valence electrons. The van der Waals surface area contributed by atoms with Gasteiger partial charge in [-0.2, -0.15) is 0 Å². The lowest BCUT2D eigenvalue weighted by Crippen LogP contribution is -2.53. The molecule has 4 aromatic carbocycles. The van der Waals surface area contributed by atoms with Crippen LogP contribution in [0, 0.1) is 5.82 Å². The molecule has 0 radical (unpaired) electrons. The molecule has 1 N–H and O–H groups in total. The van der Waals surface area contributed by atoms with Crippen LogP contribution in [0.15, 0.2) is 108 Å². The van der Waals surface area contributed by atoms with Crippen molar-refractivity contribution < 1.29 is 22.4 Å². The van der Waals surface area contributed by atoms with Crippen LogP contribution in [0.25, 0.3) is 0 Å². The van der Waals surface area contributed by atoms with Crippen LogP contribution in [-0.4, -0.2) is 44.3 Å². The number of hydrogen-bond acceptors (Lipinski definition) is 4. The molecule has 0 aliphatic rings. The molecule has 11 heteroatoms. The number of benzene rings is 4. The van der Waals surface area contributed by atoms with Gasteiger partial charge >= 0.3 is 0 Å². The lowest BCUT2D eigenvalue weighted by molar-refractivity contribution is -0.140. The number of rotatable bonds is 14. The number of nitrogens with zero attached hydrogens (tertiary/aromatic N) is 2. The molecule has 0 fully saturated rings. The van der Waals surface area contributed by atoms with Crippen molar-refractivity contribution >= 4 is 50.7 Å². The van der Waals surface area contributed by atoms with Crippen molar-refractivity contribution in [2.75, 3.05) is 17.4 Å². The third-order valence-corrected chi connectivity index (χ3v) is 9.45. The Labute approximate surface area is 273 Å². The summed E-state index contributed by atoms with van der Waals surface area (Å²) in [4.78, 5) is 29.3. The maximum absolute atomic E-state index is 15.0. The maximum atomic E-state index is 15.0. The first-order chi connectivity index (χ1) is 21.6. The average Bonchev–Trinajstić information content (AvgIpc) is 3.03. The number of carbonyl (C=O) groups is 2. The molecule has 2 amide bonds. The van der Waals surface area contributed by atoms with E-state index in [1.807, 2.05) is 37.3 Å². The molecule has 0 aromatic heterocycles. The second-order valence-electron chi connectivity index (χ2n) is 10.4. The van der Waals surface area contributed by atoms with Gasteiger partial charge in [0.1, 0.15) is 18.4 Å². The Hall–Kier alpha value is -3.92. The summed E-state index contributed by atoms with van der Waals surface area (Å²) < 4.78 is 44.0. The molecule has 7 nitrogen and oxygen atoms in total. The van der Waals surface area contributed by atoms with Crippen molar-refractivity contribution in [3.63, 3.8) is 0 Å². The van der Waals surface area contributed by atoms with Gasteiger partial charge in [0.15, 0.2) is 0 Å². The molecular formula is C34H34Cl2FN3O4S. The van der Waals surface area contributed by atoms with Gasteiger partial charge < -0.3 is 10.2 Å². The van der Waals surface area contributed by atoms with Crippen LogP contribution in [0.2, 0.25) is 10.0 Å². The highest BCUT2D eigenvalue weighted by Gasteiger charge is 2.35. The normalized spacial score (nSPS) is 11.9. The van der Waals surface area contributed by atoms with Crippen molar-refractivity contribution in [1.29, 1.82) is 0 Å². The third-order valence-electron chi connectivity index (χ3n) is 7.18. The highest BCUT2D eigenvalue weighted by molar-refractivity contribution is 7.92. The van der Waals surface area contributed by atoms with Gasteiger partial charge in [-0.1, -0.05) is 91.1 Å². The number of carbonyl (C=O) groups excluding carboxylic acids is 2. The van der Waals surface area contributed by atoms with E-state index in [2.05, 4.69) is 5.32 Å². The Balaban J connectivity index is 1.80. The van der Waals surface area contributed by atoms with Gasteiger partial charge in [-0.3, -0.25) is 13.9 Å². The van der Waals surface area contributed by atoms with E-state index in [0.29, 0.717) is 11.6 Å². The maximum Gasteiger partial charge on any atom is 0.264 e. The van der Waals surface area contributed by atoms with E-state index in [9.17, 15) is 22.4 Å². The first-order valence-corrected chi connectivity index (χ1v) is 16.7. The van der Waals surface area contributed by atoms with Crippen LogP contribution < -0.4 is 9.62 Å². The van der Waals surface area contributed by atoms with Crippen LogP contribution in [0.3, 0.4) is 0 Å². The van der Waals surface area contributed by atoms with Gasteiger partial charge in [0, 0.05) is 35.1 Å². The minimum Gasteiger partial charge on any atom is -0.354 e. The van der Waals surface area contributed by atoms with E-state index < -0.39 is 40.2 Å². The summed E-state index contributed by atoms with van der Waals surface area (Å²) in [5.41, 5.74) is 1.10. The van der Waals surface area contributed by atoms with Crippen LogP contribution >= 0.6 is 23.2 Å². The Morgan fingerprint density at radius 3 is 2.22 bits per heavy atom. The summed E-state index contributed by atoms with van der Waals surface area (Å²) in [5, 5.41) is 3.51. The van der Waals surface area contributed by atoms with Gasteiger partial charge in [0.2, 0.25) is 11.8 Å². The fourth-order valence-corrected chi connectivity index (χ4v) is 6.48. The molecule has 0 bridgehead atoms. The van der Waals surface area contributed by atoms with E-state index in [1.54, 1.807) is 18.2 Å². The minimum atomic E-state index is -4.33. The molecule has 4 rings (SSSR count). The molecule has 0 heterocycles. The predicted molar refractivity (Wildman–Crippen MR) is 176 cm³/mol. The smallest absolute Gasteiger partial charge is 0.264 e. The van der Waals surface area contributed by atoms with E-state index in [-0.39, 0.29) is 34.1 Å². The lowest BCUT2D eigenvalue weighted by atomic mass is 10.0. The quantitative estimate of drug-likeness (QED) is 0.148. The fourth-order valence-electron chi connectivity index (χ4n) is 4.76. The zero-order valence-corrected chi connectivity index (χ0v) is 27.0. The number of hydrogen-bond donors (Lipinski definition) is 1. The van der Waals surface area contributed by atoms with Crippen molar-refractivity contribution in [3.8, 4) is 0 Å². The summed E-state index contributed by atoms with van der Waals surface area (Å²) in [6.45, 7) is 1.43. The molecule has 1 atom stereocenters. The Bertz CT molecular complexity index is 1710. The van der Waals surface area contributed by atoms with Crippen LogP contribution in [0.4, 0.5) is 10.1 Å². The van der Waals surface area contributed by atoms with E-state index in [1.165, 1.54) is 59.5 Å². The first-order valence-electron chi connectivity index (χ1n) is 14.5. The largest absolute Gasteiger partial charge is 0.354 e. The SMILES string of the molecule is CCCCNC(=O)[C@H](Cc1ccccc1)N(Cc1ccccc1F)C(=O)CN(c1cccc(Cl)c1)S(=O)(=O)c1ccc(Cl)cc1. The summed E-state index contributed by atoms with van der Waals surface area (Å²) in [6.07, 6.45) is 1.70. The van der Waals surface area contributed by atoms with E-state index >= 15 is 0 Å². The number of anilines is 1. The van der Waals surface area contributed by atoms with Gasteiger partial charge in [0.05, 0.1) is 10.6 Å². The number of sulfonamides is 1. The van der Waals surface area contributed by atoms with E-state index in [4.69, 9.17) is 23.2 Å². The van der Waals surface area contributed by atoms with Crippen LogP contribution in [-0.2, 0) is 32.6 Å². The summed E-state index contributed by atoms with van der Waals surface area (Å²) in [6, 6.07) is 25.7. The molecule has 0 aliphatic carbocycles. The number of nitrogens with one attached hydrogen (secondary N) is 1. The lowest BCUT2D eigenvalue weighted by Gasteiger charge is -2.34. The number of amides is 2. The molecule has 4 aromatic rings. The van der Waals surface area contributed by atoms with Crippen molar-refractivity contribution in [1.82, 2.24) is 10.2 Å². The molecular weight excluding hydrogens is 636 g/mol. The minimum absolute atomic E-state index is 0.0986. The highest BCUT2D eigenvalue weighted by Crippen LogP contribution is 2.28. The third kappa shape index (κ3) is 9.06. The van der Waals surface area contributed by atoms with Crippen molar-refractivity contribution in [2.45, 2.75) is 43.7 Å². The molecule has 0 aliphatic heterocycles. The van der Waals surface area contributed by atoms with Gasteiger partial charge in [-0.25, -0.2) is 12.8 Å². The van der Waals surface area contributed by atoms with Gasteiger partial charge in [0.25, 0.3) is 10.0 Å². The fraction of sp³-hybridized carbons (Fsp3) is 0.235. The number of unbranched alkanes of at least 4 members (excludes halogenated alkanes) is 1. The zero-order valence-electron chi connectivity index (χ0n) is 24.7. The Morgan fingerprint density at radius 1 is 0.867 bits per heavy atom. The Morgan fingerprint density at radius 2 is 1.56 bits per heavy atom. The van der Waals surface area contributed by atoms with E-state index in [0.717, 1.165) is 22.7 Å². The summed E-state index contributed by atoms with van der Waals surface area (Å²) >= 11 is 12.3. The zero-order chi connectivity index (χ0) is 32.4. The topological polar surface area (TPSA) is 86.8 Å². The molecule has 0 saturated carbocycles. The average molecular weight is 671 g/mol. The summed E-state index contributed by atoms with van der Waals surface area (Å²) in [7, 11) is -4.33. The molecule has 0 spiro atoms. The van der Waals surface area contributed by atoms with Crippen LogP contribution in [0.1, 0.15) is 30.9 Å². The second-order valence-corrected chi connectivity index (χ2v) is 13.1. The number of halogens is 3. The highest BCUT2D eigenvalue weighted by atomic mass is 35.5. The Kier molecular flexibility index (Phi) is 12.0.